The maximum absolute atomic E-state index is 9.91. The van der Waals surface area contributed by atoms with Gasteiger partial charge in [-0.05, 0) is 29.5 Å². The van der Waals surface area contributed by atoms with Crippen molar-refractivity contribution in [3.05, 3.63) is 108 Å². The van der Waals surface area contributed by atoms with Crippen LogP contribution in [0.2, 0.25) is 0 Å². The van der Waals surface area contributed by atoms with Gasteiger partial charge in [-0.3, -0.25) is 4.90 Å². The van der Waals surface area contributed by atoms with Gasteiger partial charge >= 0.3 is 0 Å². The number of benzene rings is 3. The highest BCUT2D eigenvalue weighted by molar-refractivity contribution is 5.18. The van der Waals surface area contributed by atoms with E-state index in [1.54, 1.807) is 0 Å². The molecular weight excluding hydrogens is 436 g/mol. The minimum atomic E-state index is -0.184. The summed E-state index contributed by atoms with van der Waals surface area (Å²) in [6.45, 7) is 2.06. The third kappa shape index (κ3) is 5.63. The summed E-state index contributed by atoms with van der Waals surface area (Å²) in [6, 6.07) is 33.2. The Balaban J connectivity index is 1.35. The smallest absolute Gasteiger partial charge is 0.103 e. The number of nitrogens with zero attached hydrogens (tertiary/aromatic N) is 2. The van der Waals surface area contributed by atoms with Crippen molar-refractivity contribution in [1.82, 2.24) is 4.90 Å². The largest absolute Gasteiger partial charge is 0.375 e. The number of rotatable bonds is 10. The molecule has 3 aromatic rings. The molecule has 0 unspecified atom stereocenters. The molecule has 0 spiro atoms. The molecule has 180 valence electrons. The first-order valence-electron chi connectivity index (χ1n) is 12.4. The summed E-state index contributed by atoms with van der Waals surface area (Å²) < 4.78 is 19.4. The summed E-state index contributed by atoms with van der Waals surface area (Å²) in [5.74, 6) is 0. The fourth-order valence-corrected chi connectivity index (χ4v) is 5.41. The first kappa shape index (κ1) is 23.7. The van der Waals surface area contributed by atoms with E-state index in [1.165, 1.54) is 0 Å². The molecule has 35 heavy (non-hydrogen) atoms. The second kappa shape index (κ2) is 11.6. The van der Waals surface area contributed by atoms with Crippen molar-refractivity contribution in [2.75, 3.05) is 6.61 Å². The molecule has 2 aliphatic rings. The molecule has 0 saturated carbocycles. The molecule has 2 heterocycles. The van der Waals surface area contributed by atoms with Crippen molar-refractivity contribution >= 4 is 0 Å². The summed E-state index contributed by atoms with van der Waals surface area (Å²) in [5.41, 5.74) is 3.40. The normalized spacial score (nSPS) is 25.9. The van der Waals surface area contributed by atoms with E-state index in [9.17, 15) is 5.26 Å². The second-order valence-electron chi connectivity index (χ2n) is 9.33. The Kier molecular flexibility index (Phi) is 7.87. The zero-order chi connectivity index (χ0) is 23.9. The minimum absolute atomic E-state index is 0.0413. The molecule has 2 fully saturated rings. The fraction of sp³-hybridized carbons (Fsp3) is 0.367. The average Bonchev–Trinajstić information content (AvgIpc) is 3.46. The Morgan fingerprint density at radius 3 is 1.74 bits per heavy atom. The highest BCUT2D eigenvalue weighted by atomic mass is 16.5. The van der Waals surface area contributed by atoms with Crippen molar-refractivity contribution in [2.45, 2.75) is 63.0 Å². The van der Waals surface area contributed by atoms with E-state index < -0.39 is 0 Å². The first-order valence-corrected chi connectivity index (χ1v) is 12.4. The minimum Gasteiger partial charge on any atom is -0.375 e. The topological polar surface area (TPSA) is 54.7 Å². The van der Waals surface area contributed by atoms with Gasteiger partial charge in [0.15, 0.2) is 0 Å². The summed E-state index contributed by atoms with van der Waals surface area (Å²) in [5, 5.41) is 9.91. The molecule has 5 rings (SSSR count). The summed E-state index contributed by atoms with van der Waals surface area (Å²) in [6.07, 6.45) is 1.48. The lowest BCUT2D eigenvalue weighted by atomic mass is 10.0. The molecule has 2 saturated heterocycles. The van der Waals surface area contributed by atoms with Crippen LogP contribution in [0.3, 0.4) is 0 Å². The third-order valence-electron chi connectivity index (χ3n) is 7.06. The molecule has 5 atom stereocenters. The Morgan fingerprint density at radius 1 is 0.686 bits per heavy atom. The quantitative estimate of drug-likeness (QED) is 0.414. The zero-order valence-electron chi connectivity index (χ0n) is 19.9. The highest BCUT2D eigenvalue weighted by Crippen LogP contribution is 2.40. The van der Waals surface area contributed by atoms with Crippen LogP contribution in [0.4, 0.5) is 0 Å². The predicted molar refractivity (Wildman–Crippen MR) is 134 cm³/mol. The molecular formula is C30H32N2O3. The number of fused-ring (bicyclic) bond motifs is 1. The lowest BCUT2D eigenvalue weighted by molar-refractivity contribution is -0.0882. The molecule has 0 amide bonds. The molecule has 3 aromatic carbocycles. The van der Waals surface area contributed by atoms with Crippen LogP contribution in [0.25, 0.3) is 0 Å². The Bertz CT molecular complexity index is 1090. The standard InChI is InChI=1S/C30H32N2O3/c31-18-26-16-17-27-29(34-20-24-12-6-2-7-13-24)30(35-21-25-14-8-3-9-15-25)28(32(26)27)22-33-19-23-10-4-1-5-11-23/h1-15,26-30H,16-17,19-22H2/t26-,27-,28-,29-,30-/m0/s1. The Hall–Kier alpha value is -3.01. The van der Waals surface area contributed by atoms with E-state index in [0.29, 0.717) is 26.4 Å². The van der Waals surface area contributed by atoms with E-state index in [0.717, 1.165) is 29.5 Å². The molecule has 2 aliphatic heterocycles. The van der Waals surface area contributed by atoms with E-state index in [1.807, 2.05) is 54.6 Å². The van der Waals surface area contributed by atoms with Crippen LogP contribution < -0.4 is 0 Å². The van der Waals surface area contributed by atoms with E-state index in [2.05, 4.69) is 47.4 Å². The van der Waals surface area contributed by atoms with Crippen molar-refractivity contribution in [3.63, 3.8) is 0 Å². The van der Waals surface area contributed by atoms with Crippen LogP contribution in [-0.4, -0.2) is 41.8 Å². The summed E-state index contributed by atoms with van der Waals surface area (Å²) >= 11 is 0. The third-order valence-corrected chi connectivity index (χ3v) is 7.06. The van der Waals surface area contributed by atoms with Gasteiger partial charge in [-0.1, -0.05) is 91.0 Å². The molecule has 5 nitrogen and oxygen atoms in total. The van der Waals surface area contributed by atoms with Gasteiger partial charge in [0.25, 0.3) is 0 Å². The lowest BCUT2D eigenvalue weighted by Gasteiger charge is -2.29. The average molecular weight is 469 g/mol. The van der Waals surface area contributed by atoms with Crippen molar-refractivity contribution < 1.29 is 14.2 Å². The molecule has 0 radical (unpaired) electrons. The number of ether oxygens (including phenoxy) is 3. The van der Waals surface area contributed by atoms with Crippen LogP contribution in [0, 0.1) is 11.3 Å². The van der Waals surface area contributed by atoms with Gasteiger partial charge in [-0.2, -0.15) is 5.26 Å². The maximum atomic E-state index is 9.91. The van der Waals surface area contributed by atoms with Crippen LogP contribution >= 0.6 is 0 Å². The van der Waals surface area contributed by atoms with E-state index >= 15 is 0 Å². The molecule has 0 bridgehead atoms. The molecule has 0 N–H and O–H groups in total. The number of nitriles is 1. The molecule has 5 heteroatoms. The second-order valence-corrected chi connectivity index (χ2v) is 9.33. The maximum Gasteiger partial charge on any atom is 0.103 e. The SMILES string of the molecule is N#C[C@@H]1CC[C@H]2[C@H](OCc3ccccc3)[C@@H](OCc3ccccc3)[C@H](COCc3ccccc3)N12. The molecule has 0 aliphatic carbocycles. The lowest BCUT2D eigenvalue weighted by Crippen LogP contribution is -2.44. The van der Waals surface area contributed by atoms with Gasteiger partial charge in [-0.25, -0.2) is 0 Å². The van der Waals surface area contributed by atoms with Crippen molar-refractivity contribution in [2.24, 2.45) is 0 Å². The van der Waals surface area contributed by atoms with Crippen molar-refractivity contribution in [3.8, 4) is 6.07 Å². The van der Waals surface area contributed by atoms with Crippen LogP contribution in [0.5, 0.6) is 0 Å². The number of hydrogen-bond donors (Lipinski definition) is 0. The zero-order valence-corrected chi connectivity index (χ0v) is 19.9. The Morgan fingerprint density at radius 2 is 1.20 bits per heavy atom. The van der Waals surface area contributed by atoms with Gasteiger partial charge in [0.2, 0.25) is 0 Å². The fourth-order valence-electron chi connectivity index (χ4n) is 5.41. The van der Waals surface area contributed by atoms with Crippen LogP contribution in [-0.2, 0) is 34.0 Å². The highest BCUT2D eigenvalue weighted by Gasteiger charge is 2.55. The molecule has 0 aromatic heterocycles. The van der Waals surface area contributed by atoms with E-state index in [4.69, 9.17) is 14.2 Å². The first-order chi connectivity index (χ1) is 17.3. The van der Waals surface area contributed by atoms with Crippen LogP contribution in [0.15, 0.2) is 91.0 Å². The summed E-state index contributed by atoms with van der Waals surface area (Å²) in [4.78, 5) is 2.32. The van der Waals surface area contributed by atoms with Gasteiger partial charge in [0.05, 0.1) is 44.6 Å². The monoisotopic (exact) mass is 468 g/mol. The van der Waals surface area contributed by atoms with E-state index in [-0.39, 0.29) is 30.3 Å². The summed E-state index contributed by atoms with van der Waals surface area (Å²) in [7, 11) is 0. The number of hydrogen-bond acceptors (Lipinski definition) is 5. The van der Waals surface area contributed by atoms with Crippen molar-refractivity contribution in [1.29, 1.82) is 5.26 Å². The van der Waals surface area contributed by atoms with Gasteiger partial charge < -0.3 is 14.2 Å². The van der Waals surface area contributed by atoms with Gasteiger partial charge in [-0.15, -0.1) is 0 Å². The predicted octanol–water partition coefficient (Wildman–Crippen LogP) is 5.11. The van der Waals surface area contributed by atoms with Gasteiger partial charge in [0, 0.05) is 6.04 Å². The Labute approximate surface area is 207 Å². The van der Waals surface area contributed by atoms with Gasteiger partial charge in [0.1, 0.15) is 12.2 Å². The van der Waals surface area contributed by atoms with Crippen LogP contribution in [0.1, 0.15) is 29.5 Å².